The molecule has 2 rings (SSSR count). The first-order valence-corrected chi connectivity index (χ1v) is 6.08. The van der Waals surface area contributed by atoms with Crippen molar-refractivity contribution in [3.8, 4) is 0 Å². The summed E-state index contributed by atoms with van der Waals surface area (Å²) in [6.07, 6.45) is 3.71. The number of anilines is 1. The van der Waals surface area contributed by atoms with Gasteiger partial charge < -0.3 is 11.5 Å². The fourth-order valence-corrected chi connectivity index (χ4v) is 1.82. The van der Waals surface area contributed by atoms with Crippen LogP contribution in [0.2, 0.25) is 0 Å². The Morgan fingerprint density at radius 2 is 1.84 bits per heavy atom. The van der Waals surface area contributed by atoms with Gasteiger partial charge in [-0.2, -0.15) is 0 Å². The van der Waals surface area contributed by atoms with E-state index in [1.54, 1.807) is 24.3 Å². The van der Waals surface area contributed by atoms with Gasteiger partial charge in [-0.3, -0.25) is 4.79 Å². The maximum absolute atomic E-state index is 12.4. The number of carbonyl (C=O) groups is 1. The van der Waals surface area contributed by atoms with Crippen LogP contribution in [-0.2, 0) is 0 Å². The first-order valence-electron chi connectivity index (χ1n) is 6.08. The van der Waals surface area contributed by atoms with Gasteiger partial charge in [-0.25, -0.2) is 0 Å². The van der Waals surface area contributed by atoms with Crippen LogP contribution in [0, 0.1) is 0 Å². The van der Waals surface area contributed by atoms with Gasteiger partial charge in [0.2, 0.25) is 0 Å². The minimum absolute atomic E-state index is 0.0684. The second-order valence-corrected chi connectivity index (χ2v) is 4.18. The second-order valence-electron chi connectivity index (χ2n) is 4.18. The van der Waals surface area contributed by atoms with Crippen LogP contribution in [0.15, 0.2) is 54.6 Å². The number of hydrogen-bond donors (Lipinski definition) is 2. The highest BCUT2D eigenvalue weighted by Gasteiger charge is 2.12. The van der Waals surface area contributed by atoms with Crippen LogP contribution in [0.3, 0.4) is 0 Å². The van der Waals surface area contributed by atoms with Gasteiger partial charge in [0.05, 0.1) is 0 Å². The molecule has 2 aromatic carbocycles. The average molecular weight is 252 g/mol. The van der Waals surface area contributed by atoms with Crippen LogP contribution < -0.4 is 11.5 Å². The molecule has 0 bridgehead atoms. The van der Waals surface area contributed by atoms with Crippen molar-refractivity contribution >= 4 is 17.5 Å². The molecule has 0 heterocycles. The first-order chi connectivity index (χ1) is 9.22. The van der Waals surface area contributed by atoms with Crippen molar-refractivity contribution < 1.29 is 4.79 Å². The van der Waals surface area contributed by atoms with Crippen molar-refractivity contribution in [3.63, 3.8) is 0 Å². The molecule has 0 fully saturated rings. The van der Waals surface area contributed by atoms with Gasteiger partial charge in [-0.05, 0) is 17.7 Å². The third-order valence-corrected chi connectivity index (χ3v) is 2.80. The zero-order chi connectivity index (χ0) is 13.7. The first kappa shape index (κ1) is 13.1. The van der Waals surface area contributed by atoms with Crippen LogP contribution in [0.25, 0.3) is 6.08 Å². The van der Waals surface area contributed by atoms with E-state index in [-0.39, 0.29) is 5.78 Å². The lowest BCUT2D eigenvalue weighted by Crippen LogP contribution is -2.05. The number of benzene rings is 2. The minimum atomic E-state index is -0.0684. The third kappa shape index (κ3) is 3.09. The van der Waals surface area contributed by atoms with Gasteiger partial charge in [0.25, 0.3) is 0 Å². The average Bonchev–Trinajstić information content (AvgIpc) is 2.46. The molecule has 19 heavy (non-hydrogen) atoms. The predicted molar refractivity (Wildman–Crippen MR) is 78.8 cm³/mol. The van der Waals surface area contributed by atoms with E-state index in [4.69, 9.17) is 11.5 Å². The molecule has 96 valence electrons. The van der Waals surface area contributed by atoms with Gasteiger partial charge in [0.15, 0.2) is 5.78 Å². The normalized spacial score (nSPS) is 10.8. The van der Waals surface area contributed by atoms with Crippen LogP contribution in [0.4, 0.5) is 5.69 Å². The van der Waals surface area contributed by atoms with Crippen molar-refractivity contribution in [2.24, 2.45) is 5.73 Å². The number of ketones is 1. The zero-order valence-electron chi connectivity index (χ0n) is 10.5. The summed E-state index contributed by atoms with van der Waals surface area (Å²) in [6.45, 7) is 0.465. The van der Waals surface area contributed by atoms with Crippen molar-refractivity contribution in [1.29, 1.82) is 0 Å². The molecular formula is C16H16N2O. The van der Waals surface area contributed by atoms with Crippen molar-refractivity contribution in [2.75, 3.05) is 12.3 Å². The maximum Gasteiger partial charge on any atom is 0.195 e. The molecule has 2 aromatic rings. The summed E-state index contributed by atoms with van der Waals surface area (Å²) in [4.78, 5) is 12.4. The van der Waals surface area contributed by atoms with Crippen LogP contribution in [0.5, 0.6) is 0 Å². The number of rotatable bonds is 4. The largest absolute Gasteiger partial charge is 0.398 e. The van der Waals surface area contributed by atoms with E-state index in [1.165, 1.54) is 0 Å². The fraction of sp³-hybridized carbons (Fsp3) is 0.0625. The Morgan fingerprint density at radius 3 is 2.53 bits per heavy atom. The highest BCUT2D eigenvalue weighted by Crippen LogP contribution is 2.19. The number of carbonyl (C=O) groups excluding carboxylic acids is 1. The van der Waals surface area contributed by atoms with Crippen LogP contribution in [0.1, 0.15) is 21.5 Å². The molecule has 0 aliphatic heterocycles. The lowest BCUT2D eigenvalue weighted by Gasteiger charge is -2.06. The fourth-order valence-electron chi connectivity index (χ4n) is 1.82. The molecule has 0 aromatic heterocycles. The Hall–Kier alpha value is -2.39. The Kier molecular flexibility index (Phi) is 4.11. The van der Waals surface area contributed by atoms with Gasteiger partial charge in [-0.1, -0.05) is 48.6 Å². The van der Waals surface area contributed by atoms with E-state index in [0.29, 0.717) is 23.4 Å². The van der Waals surface area contributed by atoms with E-state index in [2.05, 4.69) is 0 Å². The van der Waals surface area contributed by atoms with E-state index >= 15 is 0 Å². The lowest BCUT2D eigenvalue weighted by atomic mass is 9.99. The van der Waals surface area contributed by atoms with Crippen LogP contribution >= 0.6 is 0 Å². The Balaban J connectivity index is 2.39. The summed E-state index contributed by atoms with van der Waals surface area (Å²) >= 11 is 0. The highest BCUT2D eigenvalue weighted by atomic mass is 16.1. The lowest BCUT2D eigenvalue weighted by molar-refractivity contribution is 0.103. The Morgan fingerprint density at radius 1 is 1.11 bits per heavy atom. The van der Waals surface area contributed by atoms with E-state index in [0.717, 1.165) is 5.56 Å². The summed E-state index contributed by atoms with van der Waals surface area (Å²) in [5, 5.41) is 0. The van der Waals surface area contributed by atoms with Gasteiger partial charge in [-0.15, -0.1) is 0 Å². The van der Waals surface area contributed by atoms with Gasteiger partial charge in [0, 0.05) is 23.4 Å². The minimum Gasteiger partial charge on any atom is -0.398 e. The molecule has 0 radical (unpaired) electrons. The molecule has 3 heteroatoms. The van der Waals surface area contributed by atoms with Gasteiger partial charge in [0.1, 0.15) is 0 Å². The molecule has 0 spiro atoms. The SMILES string of the molecule is NCC=Cc1ccc(N)c(C(=O)c2ccccc2)c1. The van der Waals surface area contributed by atoms with Crippen molar-refractivity contribution in [1.82, 2.24) is 0 Å². The molecule has 0 atom stereocenters. The predicted octanol–water partition coefficient (Wildman–Crippen LogP) is 2.47. The highest BCUT2D eigenvalue weighted by molar-refractivity contribution is 6.12. The standard InChI is InChI=1S/C16H16N2O/c17-10-4-5-12-8-9-15(18)14(11-12)16(19)13-6-2-1-3-7-13/h1-9,11H,10,17-18H2. The molecular weight excluding hydrogens is 236 g/mol. The molecule has 0 aliphatic carbocycles. The number of nitrogens with two attached hydrogens (primary N) is 2. The quantitative estimate of drug-likeness (QED) is 0.648. The monoisotopic (exact) mass is 252 g/mol. The molecule has 3 nitrogen and oxygen atoms in total. The molecule has 0 saturated heterocycles. The van der Waals surface area contributed by atoms with E-state index < -0.39 is 0 Å². The Labute approximate surface area is 112 Å². The summed E-state index contributed by atoms with van der Waals surface area (Å²) in [7, 11) is 0. The van der Waals surface area contributed by atoms with Crippen molar-refractivity contribution in [3.05, 3.63) is 71.3 Å². The number of hydrogen-bond acceptors (Lipinski definition) is 3. The third-order valence-electron chi connectivity index (χ3n) is 2.80. The summed E-state index contributed by atoms with van der Waals surface area (Å²) < 4.78 is 0. The summed E-state index contributed by atoms with van der Waals surface area (Å²) in [6, 6.07) is 14.5. The molecule has 0 unspecified atom stereocenters. The van der Waals surface area contributed by atoms with E-state index in [1.807, 2.05) is 36.4 Å². The summed E-state index contributed by atoms with van der Waals surface area (Å²) in [5.41, 5.74) is 13.9. The van der Waals surface area contributed by atoms with E-state index in [9.17, 15) is 4.79 Å². The number of nitrogen functional groups attached to an aromatic ring is 1. The topological polar surface area (TPSA) is 69.1 Å². The van der Waals surface area contributed by atoms with Crippen molar-refractivity contribution in [2.45, 2.75) is 0 Å². The Bertz CT molecular complexity index is 603. The van der Waals surface area contributed by atoms with Gasteiger partial charge >= 0.3 is 0 Å². The smallest absolute Gasteiger partial charge is 0.195 e. The maximum atomic E-state index is 12.4. The zero-order valence-corrected chi connectivity index (χ0v) is 10.5. The van der Waals surface area contributed by atoms with Crippen LogP contribution in [-0.4, -0.2) is 12.3 Å². The molecule has 0 saturated carbocycles. The molecule has 0 aliphatic rings. The molecule has 0 amide bonds. The molecule has 4 N–H and O–H groups in total. The second kappa shape index (κ2) is 5.98. The summed E-state index contributed by atoms with van der Waals surface area (Å²) in [5.74, 6) is -0.0684.